The van der Waals surface area contributed by atoms with Gasteiger partial charge in [0.25, 0.3) is 0 Å². The molecule has 5 aromatic rings. The Kier molecular flexibility index (Phi) is 6.94. The summed E-state index contributed by atoms with van der Waals surface area (Å²) in [6, 6.07) is 26.2. The van der Waals surface area contributed by atoms with E-state index in [0.717, 1.165) is 55.6 Å². The number of aromatic nitrogens is 1. The Bertz CT molecular complexity index is 1530. The molecule has 6 rings (SSSR count). The molecule has 0 N–H and O–H groups in total. The zero-order valence-corrected chi connectivity index (χ0v) is 22.9. The Balaban J connectivity index is 1.44. The Hall–Kier alpha value is -3.58. The lowest BCUT2D eigenvalue weighted by Crippen LogP contribution is -2.35. The molecule has 1 aliphatic heterocycles. The first kappa shape index (κ1) is 24.7. The number of methoxy groups -OCH3 is 2. The number of rotatable bonds is 7. The number of nitrogens with zero attached hydrogens (tertiary/aromatic N) is 2. The van der Waals surface area contributed by atoms with Gasteiger partial charge in [-0.05, 0) is 52.4 Å². The molecule has 0 radical (unpaired) electrons. The molecule has 0 bridgehead atoms. The fraction of sp³-hybridized carbons (Fsp3) is 0.250. The van der Waals surface area contributed by atoms with Crippen molar-refractivity contribution in [2.45, 2.75) is 6.54 Å². The molecule has 0 unspecified atom stereocenters. The van der Waals surface area contributed by atoms with Gasteiger partial charge in [-0.2, -0.15) is 0 Å². The molecule has 0 aliphatic carbocycles. The van der Waals surface area contributed by atoms with Gasteiger partial charge in [-0.25, -0.2) is 0 Å². The third-order valence-corrected chi connectivity index (χ3v) is 8.28. The maximum absolute atomic E-state index is 5.60. The average molecular weight is 525 g/mol. The van der Waals surface area contributed by atoms with Crippen LogP contribution in [0.2, 0.25) is 0 Å². The van der Waals surface area contributed by atoms with E-state index in [-0.39, 0.29) is 0 Å². The summed E-state index contributed by atoms with van der Waals surface area (Å²) >= 11 is 1.76. The first-order chi connectivity index (χ1) is 18.6. The maximum Gasteiger partial charge on any atom is 0.123 e. The molecule has 1 saturated heterocycles. The predicted molar refractivity (Wildman–Crippen MR) is 156 cm³/mol. The molecule has 0 amide bonds. The highest BCUT2D eigenvalue weighted by Gasteiger charge is 2.21. The van der Waals surface area contributed by atoms with E-state index in [2.05, 4.69) is 88.6 Å². The molecule has 1 aliphatic rings. The summed E-state index contributed by atoms with van der Waals surface area (Å²) in [5, 5.41) is 3.38. The van der Waals surface area contributed by atoms with Gasteiger partial charge in [0.15, 0.2) is 0 Å². The van der Waals surface area contributed by atoms with Crippen molar-refractivity contribution in [1.82, 2.24) is 9.47 Å². The minimum Gasteiger partial charge on any atom is -0.497 e. The number of ether oxygens (including phenoxy) is 3. The van der Waals surface area contributed by atoms with Gasteiger partial charge in [-0.3, -0.25) is 4.90 Å². The van der Waals surface area contributed by atoms with Gasteiger partial charge in [0.1, 0.15) is 11.5 Å². The van der Waals surface area contributed by atoms with Crippen molar-refractivity contribution >= 4 is 22.2 Å². The van der Waals surface area contributed by atoms with Crippen LogP contribution < -0.4 is 9.47 Å². The molecule has 1 fully saturated rings. The SMILES string of the molecule is COc1cc(OC)cc(-c2c(-c3cccs3)c3cc(-c4ccc(CN5CCOCC5)cc4)ccc3n2C)c1. The molecular weight excluding hydrogens is 492 g/mol. The van der Waals surface area contributed by atoms with Crippen LogP contribution in [0, 0.1) is 0 Å². The van der Waals surface area contributed by atoms with E-state index in [4.69, 9.17) is 14.2 Å². The molecule has 2 aromatic heterocycles. The molecule has 3 heterocycles. The second kappa shape index (κ2) is 10.7. The Morgan fingerprint density at radius 1 is 0.816 bits per heavy atom. The number of thiophene rings is 1. The summed E-state index contributed by atoms with van der Waals surface area (Å²) in [6.07, 6.45) is 0. The van der Waals surface area contributed by atoms with Crippen molar-refractivity contribution < 1.29 is 14.2 Å². The number of aryl methyl sites for hydroxylation is 1. The highest BCUT2D eigenvalue weighted by molar-refractivity contribution is 7.13. The molecule has 6 heteroatoms. The average Bonchev–Trinajstić information content (AvgIpc) is 3.59. The lowest BCUT2D eigenvalue weighted by Gasteiger charge is -2.26. The van der Waals surface area contributed by atoms with Gasteiger partial charge in [0.05, 0.1) is 33.1 Å². The van der Waals surface area contributed by atoms with E-state index in [9.17, 15) is 0 Å². The summed E-state index contributed by atoms with van der Waals surface area (Å²) in [5.74, 6) is 1.55. The van der Waals surface area contributed by atoms with Gasteiger partial charge in [0.2, 0.25) is 0 Å². The van der Waals surface area contributed by atoms with Crippen LogP contribution in [0.3, 0.4) is 0 Å². The minimum atomic E-state index is 0.777. The molecule has 3 aromatic carbocycles. The van der Waals surface area contributed by atoms with E-state index in [0.29, 0.717) is 0 Å². The summed E-state index contributed by atoms with van der Waals surface area (Å²) < 4.78 is 19.0. The van der Waals surface area contributed by atoms with Gasteiger partial charge >= 0.3 is 0 Å². The van der Waals surface area contributed by atoms with E-state index in [1.807, 2.05) is 6.07 Å². The van der Waals surface area contributed by atoms with Crippen LogP contribution >= 0.6 is 11.3 Å². The van der Waals surface area contributed by atoms with Crippen LogP contribution in [0.25, 0.3) is 43.7 Å². The van der Waals surface area contributed by atoms with Crippen LogP contribution in [0.1, 0.15) is 5.56 Å². The fourth-order valence-electron chi connectivity index (χ4n) is 5.40. The van der Waals surface area contributed by atoms with Crippen LogP contribution in [-0.2, 0) is 18.3 Å². The van der Waals surface area contributed by atoms with Crippen molar-refractivity contribution in [3.05, 3.63) is 83.7 Å². The highest BCUT2D eigenvalue weighted by atomic mass is 32.1. The largest absolute Gasteiger partial charge is 0.497 e. The van der Waals surface area contributed by atoms with Crippen LogP contribution in [0.4, 0.5) is 0 Å². The minimum absolute atomic E-state index is 0.777. The monoisotopic (exact) mass is 524 g/mol. The van der Waals surface area contributed by atoms with E-state index in [1.165, 1.54) is 38.0 Å². The lowest BCUT2D eigenvalue weighted by atomic mass is 9.99. The van der Waals surface area contributed by atoms with E-state index in [1.54, 1.807) is 25.6 Å². The van der Waals surface area contributed by atoms with Gasteiger partial charge in [-0.15, -0.1) is 11.3 Å². The number of hydrogen-bond donors (Lipinski definition) is 0. The topological polar surface area (TPSA) is 35.9 Å². The second-order valence-electron chi connectivity index (χ2n) is 9.68. The second-order valence-corrected chi connectivity index (χ2v) is 10.6. The van der Waals surface area contributed by atoms with Crippen LogP contribution in [0.15, 0.2) is 78.2 Å². The van der Waals surface area contributed by atoms with Crippen molar-refractivity contribution in [3.8, 4) is 44.3 Å². The predicted octanol–water partition coefficient (Wildman–Crippen LogP) is 7.09. The standard InChI is InChI=1S/C32H32N2O3S/c1-33-29-11-10-24(23-8-6-22(7-9-23)21-34-12-14-37-15-13-34)19-28(29)31(30-5-4-16-38-30)32(33)25-17-26(35-2)20-27(18-25)36-3/h4-11,16-20H,12-15,21H2,1-3H3. The lowest BCUT2D eigenvalue weighted by molar-refractivity contribution is 0.0342. The van der Waals surface area contributed by atoms with Crippen molar-refractivity contribution in [3.63, 3.8) is 0 Å². The summed E-state index contributed by atoms with van der Waals surface area (Å²) in [6.45, 7) is 4.62. The molecule has 38 heavy (non-hydrogen) atoms. The summed E-state index contributed by atoms with van der Waals surface area (Å²) in [4.78, 5) is 3.70. The summed E-state index contributed by atoms with van der Waals surface area (Å²) in [5.41, 5.74) is 8.42. The zero-order valence-electron chi connectivity index (χ0n) is 22.1. The van der Waals surface area contributed by atoms with Crippen LogP contribution in [0.5, 0.6) is 11.5 Å². The Morgan fingerprint density at radius 3 is 2.18 bits per heavy atom. The van der Waals surface area contributed by atoms with Gasteiger partial charge < -0.3 is 18.8 Å². The molecule has 5 nitrogen and oxygen atoms in total. The molecule has 0 atom stereocenters. The Labute approximate surface area is 227 Å². The van der Waals surface area contributed by atoms with Crippen molar-refractivity contribution in [2.75, 3.05) is 40.5 Å². The number of fused-ring (bicyclic) bond motifs is 1. The van der Waals surface area contributed by atoms with E-state index < -0.39 is 0 Å². The van der Waals surface area contributed by atoms with Gasteiger partial charge in [-0.1, -0.05) is 36.4 Å². The first-order valence-electron chi connectivity index (χ1n) is 12.9. The molecule has 194 valence electrons. The van der Waals surface area contributed by atoms with Gasteiger partial charge in [0, 0.05) is 59.7 Å². The summed E-state index contributed by atoms with van der Waals surface area (Å²) in [7, 11) is 5.53. The Morgan fingerprint density at radius 2 is 1.53 bits per heavy atom. The quantitative estimate of drug-likeness (QED) is 0.228. The van der Waals surface area contributed by atoms with Crippen molar-refractivity contribution in [2.24, 2.45) is 7.05 Å². The number of hydrogen-bond acceptors (Lipinski definition) is 5. The zero-order chi connectivity index (χ0) is 26.1. The third-order valence-electron chi connectivity index (χ3n) is 7.39. The maximum atomic E-state index is 5.60. The fourth-order valence-corrected chi connectivity index (χ4v) is 6.18. The highest BCUT2D eigenvalue weighted by Crippen LogP contribution is 2.44. The first-order valence-corrected chi connectivity index (χ1v) is 13.8. The third kappa shape index (κ3) is 4.71. The van der Waals surface area contributed by atoms with Crippen molar-refractivity contribution in [1.29, 1.82) is 0 Å². The smallest absolute Gasteiger partial charge is 0.123 e. The molecule has 0 spiro atoms. The normalized spacial score (nSPS) is 14.2. The van der Waals surface area contributed by atoms with E-state index >= 15 is 0 Å². The number of morpholine rings is 1. The molecule has 0 saturated carbocycles. The van der Waals surface area contributed by atoms with Crippen LogP contribution in [-0.4, -0.2) is 50.0 Å². The molecular formula is C32H32N2O3S. The number of benzene rings is 3.